The first kappa shape index (κ1) is 16.3. The quantitative estimate of drug-likeness (QED) is 0.634. The smallest absolute Gasteiger partial charge is 0.324 e. The van der Waals surface area contributed by atoms with E-state index in [2.05, 4.69) is 15.5 Å². The Labute approximate surface area is 138 Å². The average Bonchev–Trinajstić information content (AvgIpc) is 2.93. The molecule has 4 amide bonds. The number of urea groups is 1. The number of imide groups is 1. The van der Waals surface area contributed by atoms with Gasteiger partial charge in [0.2, 0.25) is 5.91 Å². The van der Waals surface area contributed by atoms with Crippen LogP contribution in [0.4, 0.5) is 4.79 Å². The zero-order valence-corrected chi connectivity index (χ0v) is 13.6. The Morgan fingerprint density at radius 3 is 2.67 bits per heavy atom. The van der Waals surface area contributed by atoms with Gasteiger partial charge in [0, 0.05) is 37.3 Å². The zero-order chi connectivity index (χ0) is 17.3. The number of aromatic amines is 2. The van der Waals surface area contributed by atoms with Crippen molar-refractivity contribution in [1.29, 1.82) is 0 Å². The third kappa shape index (κ3) is 2.93. The van der Waals surface area contributed by atoms with Gasteiger partial charge in [-0.25, -0.2) is 4.79 Å². The molecule has 1 aromatic heterocycles. The predicted octanol–water partition coefficient (Wildman–Crippen LogP) is -0.649. The molecule has 0 unspecified atom stereocenters. The van der Waals surface area contributed by atoms with Crippen LogP contribution >= 0.6 is 0 Å². The maximum atomic E-state index is 12.5. The number of H-pyrrole nitrogens is 2. The number of hydrogen-bond donors (Lipinski definition) is 3. The van der Waals surface area contributed by atoms with Crippen molar-refractivity contribution in [2.75, 3.05) is 19.6 Å². The fraction of sp³-hybridized carbons (Fsp3) is 0.600. The van der Waals surface area contributed by atoms with Crippen LogP contribution < -0.4 is 10.9 Å². The van der Waals surface area contributed by atoms with E-state index in [9.17, 15) is 19.2 Å². The van der Waals surface area contributed by atoms with E-state index < -0.39 is 12.1 Å². The van der Waals surface area contributed by atoms with Crippen molar-refractivity contribution in [3.8, 4) is 0 Å². The highest BCUT2D eigenvalue weighted by atomic mass is 16.2. The van der Waals surface area contributed by atoms with Crippen molar-refractivity contribution in [1.82, 2.24) is 25.3 Å². The van der Waals surface area contributed by atoms with Crippen LogP contribution in [0.3, 0.4) is 0 Å². The molecule has 9 nitrogen and oxygen atoms in total. The summed E-state index contributed by atoms with van der Waals surface area (Å²) in [6.45, 7) is 3.15. The first-order valence-electron chi connectivity index (χ1n) is 8.19. The third-order valence-corrected chi connectivity index (χ3v) is 4.51. The van der Waals surface area contributed by atoms with E-state index in [-0.39, 0.29) is 23.8 Å². The van der Waals surface area contributed by atoms with Crippen LogP contribution in [-0.4, -0.2) is 63.5 Å². The largest absolute Gasteiger partial charge is 0.342 e. The molecule has 0 spiro atoms. The highest BCUT2D eigenvalue weighted by Gasteiger charge is 2.39. The number of amides is 4. The first-order valence-corrected chi connectivity index (χ1v) is 8.19. The Morgan fingerprint density at radius 1 is 1.17 bits per heavy atom. The molecule has 2 aliphatic rings. The van der Waals surface area contributed by atoms with Crippen LogP contribution in [0.1, 0.15) is 31.0 Å². The summed E-state index contributed by atoms with van der Waals surface area (Å²) in [4.78, 5) is 50.9. The average molecular weight is 335 g/mol. The summed E-state index contributed by atoms with van der Waals surface area (Å²) >= 11 is 0. The van der Waals surface area contributed by atoms with E-state index in [1.54, 1.807) is 4.90 Å². The first-order chi connectivity index (χ1) is 11.5. The van der Waals surface area contributed by atoms with Gasteiger partial charge in [0.15, 0.2) is 0 Å². The second-order valence-electron chi connectivity index (χ2n) is 6.11. The van der Waals surface area contributed by atoms with Gasteiger partial charge in [-0.05, 0) is 12.8 Å². The normalized spacial score (nSPS) is 20.8. The molecule has 1 atom stereocenters. The molecule has 1 fully saturated rings. The van der Waals surface area contributed by atoms with Gasteiger partial charge in [0.1, 0.15) is 6.04 Å². The monoisotopic (exact) mass is 335 g/mol. The van der Waals surface area contributed by atoms with Crippen LogP contribution in [-0.2, 0) is 22.4 Å². The van der Waals surface area contributed by atoms with Gasteiger partial charge in [0.05, 0.1) is 6.42 Å². The Balaban J connectivity index is 1.61. The van der Waals surface area contributed by atoms with Gasteiger partial charge < -0.3 is 15.3 Å². The van der Waals surface area contributed by atoms with E-state index in [4.69, 9.17) is 0 Å². The van der Waals surface area contributed by atoms with E-state index in [1.165, 1.54) is 0 Å². The lowest BCUT2D eigenvalue weighted by atomic mass is 10.1. The topological polar surface area (TPSA) is 118 Å². The summed E-state index contributed by atoms with van der Waals surface area (Å²) in [5.41, 5.74) is 1.37. The molecule has 9 heteroatoms. The van der Waals surface area contributed by atoms with Crippen molar-refractivity contribution in [2.45, 2.75) is 38.6 Å². The minimum absolute atomic E-state index is 0.0465. The number of carbonyl (C=O) groups excluding carboxylic acids is 3. The summed E-state index contributed by atoms with van der Waals surface area (Å²) in [5, 5.41) is 7.97. The minimum atomic E-state index is -0.791. The van der Waals surface area contributed by atoms with Gasteiger partial charge in [0.25, 0.3) is 11.5 Å². The Hall–Kier alpha value is -2.58. The molecule has 1 saturated heterocycles. The van der Waals surface area contributed by atoms with Crippen LogP contribution in [0.2, 0.25) is 0 Å². The lowest BCUT2D eigenvalue weighted by Crippen LogP contribution is -2.40. The molecule has 0 aromatic carbocycles. The van der Waals surface area contributed by atoms with Gasteiger partial charge >= 0.3 is 6.03 Å². The molecular formula is C15H21N5O4. The van der Waals surface area contributed by atoms with Crippen LogP contribution in [0.5, 0.6) is 0 Å². The molecule has 1 aromatic rings. The minimum Gasteiger partial charge on any atom is -0.342 e. The summed E-state index contributed by atoms with van der Waals surface area (Å²) in [7, 11) is 0. The fourth-order valence-corrected chi connectivity index (χ4v) is 3.21. The number of nitrogens with zero attached hydrogens (tertiary/aromatic N) is 2. The zero-order valence-electron chi connectivity index (χ0n) is 13.6. The number of nitrogens with one attached hydrogen (secondary N) is 3. The Morgan fingerprint density at radius 2 is 1.92 bits per heavy atom. The summed E-state index contributed by atoms with van der Waals surface area (Å²) < 4.78 is 0. The van der Waals surface area contributed by atoms with Gasteiger partial charge in [-0.15, -0.1) is 0 Å². The molecule has 0 bridgehead atoms. The van der Waals surface area contributed by atoms with E-state index >= 15 is 0 Å². The summed E-state index contributed by atoms with van der Waals surface area (Å²) in [6, 6.07) is -1.22. The maximum absolute atomic E-state index is 12.5. The van der Waals surface area contributed by atoms with Crippen molar-refractivity contribution in [3.63, 3.8) is 0 Å². The molecule has 2 aliphatic heterocycles. The van der Waals surface area contributed by atoms with Crippen molar-refractivity contribution in [2.24, 2.45) is 0 Å². The Bertz CT molecular complexity index is 722. The lowest BCUT2D eigenvalue weighted by Gasteiger charge is -2.21. The third-order valence-electron chi connectivity index (χ3n) is 4.51. The van der Waals surface area contributed by atoms with E-state index in [0.717, 1.165) is 10.6 Å². The number of rotatable bonds is 4. The van der Waals surface area contributed by atoms with Crippen LogP contribution in [0.25, 0.3) is 0 Å². The second kappa shape index (κ2) is 6.50. The molecule has 0 aliphatic carbocycles. The van der Waals surface area contributed by atoms with Crippen LogP contribution in [0, 0.1) is 0 Å². The number of carbonyl (C=O) groups is 3. The molecule has 3 rings (SSSR count). The molecule has 24 heavy (non-hydrogen) atoms. The number of aromatic nitrogens is 2. The SMILES string of the molecule is CCCN1C(=O)N[C@@H](CC(=O)N2CCc3[nH][nH]c(=O)c3CC2)C1=O. The molecular weight excluding hydrogens is 314 g/mol. The Kier molecular flexibility index (Phi) is 4.41. The van der Waals surface area contributed by atoms with Gasteiger partial charge in [-0.3, -0.25) is 24.4 Å². The molecule has 3 heterocycles. The van der Waals surface area contributed by atoms with E-state index in [0.29, 0.717) is 44.5 Å². The highest BCUT2D eigenvalue weighted by Crippen LogP contribution is 2.14. The summed E-state index contributed by atoms with van der Waals surface area (Å²) in [6.07, 6.45) is 1.67. The highest BCUT2D eigenvalue weighted by molar-refractivity contribution is 6.05. The maximum Gasteiger partial charge on any atom is 0.324 e. The van der Waals surface area contributed by atoms with Crippen molar-refractivity contribution in [3.05, 3.63) is 21.6 Å². The molecule has 0 saturated carbocycles. The van der Waals surface area contributed by atoms with Gasteiger partial charge in [-0.2, -0.15) is 0 Å². The van der Waals surface area contributed by atoms with Crippen LogP contribution in [0.15, 0.2) is 4.79 Å². The number of fused-ring (bicyclic) bond motifs is 1. The van der Waals surface area contributed by atoms with E-state index in [1.807, 2.05) is 6.92 Å². The molecule has 0 radical (unpaired) electrons. The standard InChI is InChI=1S/C15H21N5O4/c1-2-5-20-14(23)11(16-15(20)24)8-12(21)19-6-3-9-10(4-7-19)17-18-13(9)22/h11H,2-8H2,1H3,(H,16,24)(H2,17,18,22)/t11-/m0/s1. The lowest BCUT2D eigenvalue weighted by molar-refractivity contribution is -0.135. The summed E-state index contributed by atoms with van der Waals surface area (Å²) in [5.74, 6) is -0.528. The molecule has 130 valence electrons. The second-order valence-corrected chi connectivity index (χ2v) is 6.11. The predicted molar refractivity (Wildman–Crippen MR) is 84.3 cm³/mol. The fourth-order valence-electron chi connectivity index (χ4n) is 3.21. The van der Waals surface area contributed by atoms with Crippen molar-refractivity contribution < 1.29 is 14.4 Å². The van der Waals surface area contributed by atoms with Gasteiger partial charge in [-0.1, -0.05) is 6.92 Å². The van der Waals surface area contributed by atoms with Crippen molar-refractivity contribution >= 4 is 17.8 Å². The number of hydrogen-bond acceptors (Lipinski definition) is 4. The molecule has 3 N–H and O–H groups in total.